The largest absolute Gasteiger partial charge is 0.496 e. The van der Waals surface area contributed by atoms with Crippen LogP contribution in [0.25, 0.3) is 0 Å². The van der Waals surface area contributed by atoms with Gasteiger partial charge in [-0.3, -0.25) is 10.1 Å². The molecule has 24 heavy (non-hydrogen) atoms. The van der Waals surface area contributed by atoms with Crippen molar-refractivity contribution in [3.63, 3.8) is 0 Å². The highest BCUT2D eigenvalue weighted by Crippen LogP contribution is 2.21. The van der Waals surface area contributed by atoms with E-state index in [2.05, 4.69) is 31.6 Å². The Bertz CT molecular complexity index is 830. The average Bonchev–Trinajstić information content (AvgIpc) is 3.01. The van der Waals surface area contributed by atoms with E-state index in [9.17, 15) is 0 Å². The monoisotopic (exact) mass is 384 g/mol. The molecular formula is C18H17BrN4O. The first kappa shape index (κ1) is 16.3. The molecule has 122 valence electrons. The number of hydrogen-bond donors (Lipinski definition) is 1. The van der Waals surface area contributed by atoms with Gasteiger partial charge in [0, 0.05) is 11.8 Å². The molecule has 6 heteroatoms. The summed E-state index contributed by atoms with van der Waals surface area (Å²) >= 11 is 3.41. The molecule has 0 saturated carbocycles. The first-order valence-electron chi connectivity index (χ1n) is 7.43. The molecule has 0 fully saturated rings. The van der Waals surface area contributed by atoms with Gasteiger partial charge < -0.3 is 4.74 Å². The number of hydrogen-bond acceptors (Lipinski definition) is 4. The van der Waals surface area contributed by atoms with E-state index < -0.39 is 0 Å². The number of hydrazone groups is 1. The van der Waals surface area contributed by atoms with Crippen molar-refractivity contribution in [1.29, 1.82) is 0 Å². The number of anilines is 1. The van der Waals surface area contributed by atoms with Crippen LogP contribution in [0, 0.1) is 0 Å². The van der Waals surface area contributed by atoms with Crippen LogP contribution in [0.2, 0.25) is 0 Å². The van der Waals surface area contributed by atoms with Gasteiger partial charge in [0.05, 0.1) is 36.2 Å². The van der Waals surface area contributed by atoms with E-state index in [1.807, 2.05) is 59.4 Å². The maximum atomic E-state index is 5.44. The van der Waals surface area contributed by atoms with E-state index in [0.29, 0.717) is 6.54 Å². The standard InChI is InChI=1S/C18H17BrN4O/c1-24-18-8-7-14(10-20-22-17-5-3-2-4-6-17)9-15(18)12-23-13-16(19)11-21-23/h2-11,13,22H,12H2,1H3. The topological polar surface area (TPSA) is 51.4 Å². The zero-order valence-corrected chi connectivity index (χ0v) is 14.8. The molecule has 0 amide bonds. The fourth-order valence-electron chi connectivity index (χ4n) is 2.30. The third-order valence-corrected chi connectivity index (χ3v) is 3.83. The lowest BCUT2D eigenvalue weighted by atomic mass is 10.1. The van der Waals surface area contributed by atoms with Crippen molar-refractivity contribution in [2.45, 2.75) is 6.54 Å². The third-order valence-electron chi connectivity index (χ3n) is 3.42. The van der Waals surface area contributed by atoms with Crippen LogP contribution < -0.4 is 10.2 Å². The Kier molecular flexibility index (Phi) is 5.28. The summed E-state index contributed by atoms with van der Waals surface area (Å²) in [5, 5.41) is 8.56. The van der Waals surface area contributed by atoms with Crippen LogP contribution in [0.4, 0.5) is 5.69 Å². The Labute approximate surface area is 149 Å². The second-order valence-corrected chi connectivity index (χ2v) is 6.08. The third kappa shape index (κ3) is 4.23. The van der Waals surface area contributed by atoms with E-state index in [1.165, 1.54) is 0 Å². The first-order valence-corrected chi connectivity index (χ1v) is 8.23. The highest BCUT2D eigenvalue weighted by molar-refractivity contribution is 9.10. The van der Waals surface area contributed by atoms with Crippen LogP contribution in [-0.2, 0) is 6.54 Å². The Morgan fingerprint density at radius 3 is 2.79 bits per heavy atom. The molecule has 3 rings (SSSR count). The van der Waals surface area contributed by atoms with Gasteiger partial charge in [-0.25, -0.2) is 0 Å². The maximum Gasteiger partial charge on any atom is 0.123 e. The number of methoxy groups -OCH3 is 1. The van der Waals surface area contributed by atoms with Gasteiger partial charge >= 0.3 is 0 Å². The molecule has 1 heterocycles. The number of ether oxygens (including phenoxy) is 1. The minimum atomic E-state index is 0.628. The van der Waals surface area contributed by atoms with Gasteiger partial charge in [0.1, 0.15) is 5.75 Å². The van der Waals surface area contributed by atoms with Crippen molar-refractivity contribution < 1.29 is 4.74 Å². The molecule has 5 nitrogen and oxygen atoms in total. The van der Waals surface area contributed by atoms with Crippen molar-refractivity contribution in [2.24, 2.45) is 5.10 Å². The van der Waals surface area contributed by atoms with Gasteiger partial charge in [0.15, 0.2) is 0 Å². The number of para-hydroxylation sites is 1. The molecule has 0 atom stereocenters. The number of nitrogens with one attached hydrogen (secondary N) is 1. The SMILES string of the molecule is COc1ccc(C=NNc2ccccc2)cc1Cn1cc(Br)cn1. The van der Waals surface area contributed by atoms with Gasteiger partial charge in [-0.2, -0.15) is 10.2 Å². The molecule has 0 bridgehead atoms. The summed E-state index contributed by atoms with van der Waals surface area (Å²) in [5.41, 5.74) is 5.98. The fraction of sp³-hybridized carbons (Fsp3) is 0.111. The van der Waals surface area contributed by atoms with Crippen molar-refractivity contribution >= 4 is 27.8 Å². The number of rotatable bonds is 6. The lowest BCUT2D eigenvalue weighted by molar-refractivity contribution is 0.407. The number of benzene rings is 2. The highest BCUT2D eigenvalue weighted by atomic mass is 79.9. The summed E-state index contributed by atoms with van der Waals surface area (Å²) in [4.78, 5) is 0. The highest BCUT2D eigenvalue weighted by Gasteiger charge is 2.06. The summed E-state index contributed by atoms with van der Waals surface area (Å²) in [6, 6.07) is 15.8. The molecule has 0 radical (unpaired) electrons. The predicted molar refractivity (Wildman–Crippen MR) is 99.7 cm³/mol. The van der Waals surface area contributed by atoms with Gasteiger partial charge in [0.25, 0.3) is 0 Å². The second kappa shape index (κ2) is 7.79. The Morgan fingerprint density at radius 2 is 2.08 bits per heavy atom. The molecular weight excluding hydrogens is 368 g/mol. The smallest absolute Gasteiger partial charge is 0.123 e. The summed E-state index contributed by atoms with van der Waals surface area (Å²) in [7, 11) is 1.67. The molecule has 0 aliphatic rings. The molecule has 1 aromatic heterocycles. The number of nitrogens with zero attached hydrogens (tertiary/aromatic N) is 3. The van der Waals surface area contributed by atoms with E-state index in [4.69, 9.17) is 4.74 Å². The predicted octanol–water partition coefficient (Wildman–Crippen LogP) is 4.15. The van der Waals surface area contributed by atoms with E-state index in [1.54, 1.807) is 19.5 Å². The lowest BCUT2D eigenvalue weighted by Crippen LogP contribution is -2.03. The first-order chi connectivity index (χ1) is 11.7. The summed E-state index contributed by atoms with van der Waals surface area (Å²) in [5.74, 6) is 0.829. The van der Waals surface area contributed by atoms with Crippen LogP contribution >= 0.6 is 15.9 Å². The Morgan fingerprint density at radius 1 is 1.25 bits per heavy atom. The van der Waals surface area contributed by atoms with Crippen molar-refractivity contribution in [3.8, 4) is 5.75 Å². The zero-order valence-electron chi connectivity index (χ0n) is 13.2. The Hall–Kier alpha value is -2.60. The molecule has 0 unspecified atom stereocenters. The van der Waals surface area contributed by atoms with Crippen LogP contribution in [-0.4, -0.2) is 23.1 Å². The van der Waals surface area contributed by atoms with Crippen LogP contribution in [0.5, 0.6) is 5.75 Å². The molecule has 0 aliphatic heterocycles. The van der Waals surface area contributed by atoms with Crippen LogP contribution in [0.1, 0.15) is 11.1 Å². The number of halogens is 1. The second-order valence-electron chi connectivity index (χ2n) is 5.16. The Balaban J connectivity index is 1.75. The van der Waals surface area contributed by atoms with Gasteiger partial charge in [0.2, 0.25) is 0 Å². The molecule has 3 aromatic rings. The van der Waals surface area contributed by atoms with Gasteiger partial charge in [-0.05, 0) is 51.8 Å². The fourth-order valence-corrected chi connectivity index (χ4v) is 2.62. The quantitative estimate of drug-likeness (QED) is 0.512. The van der Waals surface area contributed by atoms with Crippen LogP contribution in [0.3, 0.4) is 0 Å². The molecule has 0 saturated heterocycles. The molecule has 2 aromatic carbocycles. The normalized spacial score (nSPS) is 10.9. The molecule has 1 N–H and O–H groups in total. The van der Waals surface area contributed by atoms with E-state index >= 15 is 0 Å². The summed E-state index contributed by atoms with van der Waals surface area (Å²) in [6.45, 7) is 0.628. The van der Waals surface area contributed by atoms with Crippen molar-refractivity contribution in [1.82, 2.24) is 9.78 Å². The minimum Gasteiger partial charge on any atom is -0.496 e. The van der Waals surface area contributed by atoms with E-state index in [0.717, 1.165) is 27.0 Å². The van der Waals surface area contributed by atoms with Gasteiger partial charge in [-0.1, -0.05) is 18.2 Å². The summed E-state index contributed by atoms with van der Waals surface area (Å²) < 4.78 is 8.24. The zero-order chi connectivity index (χ0) is 16.8. The molecule has 0 spiro atoms. The average molecular weight is 385 g/mol. The van der Waals surface area contributed by atoms with Gasteiger partial charge in [-0.15, -0.1) is 0 Å². The summed E-state index contributed by atoms with van der Waals surface area (Å²) in [6.07, 6.45) is 5.48. The minimum absolute atomic E-state index is 0.628. The maximum absolute atomic E-state index is 5.44. The van der Waals surface area contributed by atoms with Crippen molar-refractivity contribution in [3.05, 3.63) is 76.5 Å². The van der Waals surface area contributed by atoms with Crippen LogP contribution in [0.15, 0.2) is 70.5 Å². The van der Waals surface area contributed by atoms with E-state index in [-0.39, 0.29) is 0 Å². The lowest BCUT2D eigenvalue weighted by Gasteiger charge is -2.09. The number of aromatic nitrogens is 2. The van der Waals surface area contributed by atoms with Crippen molar-refractivity contribution in [2.75, 3.05) is 12.5 Å². The molecule has 0 aliphatic carbocycles.